The minimum atomic E-state index is -0.680. The molecule has 0 aromatic heterocycles. The molecule has 0 saturated heterocycles. The van der Waals surface area contributed by atoms with Gasteiger partial charge in [0.05, 0.1) is 25.4 Å². The van der Waals surface area contributed by atoms with Gasteiger partial charge in [-0.1, -0.05) is 206 Å². The Morgan fingerprint density at radius 1 is 0.500 bits per heavy atom. The third-order valence-corrected chi connectivity index (χ3v) is 11.1. The highest BCUT2D eigenvalue weighted by atomic mass is 16.5. The fourth-order valence-electron chi connectivity index (χ4n) is 7.34. The largest absolute Gasteiger partial charge is 0.466 e. The first-order valence-corrected chi connectivity index (χ1v) is 23.9. The van der Waals surface area contributed by atoms with Crippen LogP contribution in [0.15, 0.2) is 12.2 Å². The minimum absolute atomic E-state index is 0.0330. The molecule has 0 rings (SSSR count). The lowest BCUT2D eigenvalue weighted by atomic mass is 10.0. The Bertz CT molecular complexity index is 802. The van der Waals surface area contributed by atoms with Crippen molar-refractivity contribution in [2.45, 2.75) is 270 Å². The van der Waals surface area contributed by atoms with Gasteiger partial charge in [-0.05, 0) is 51.4 Å². The van der Waals surface area contributed by atoms with Crippen LogP contribution in [0.25, 0.3) is 0 Å². The molecule has 0 aliphatic carbocycles. The summed E-state index contributed by atoms with van der Waals surface area (Å²) in [6, 6.07) is -0.560. The molecule has 0 spiro atoms. The van der Waals surface area contributed by atoms with Gasteiger partial charge in [0.2, 0.25) is 5.91 Å². The van der Waals surface area contributed by atoms with Crippen molar-refractivity contribution in [3.05, 3.63) is 12.2 Å². The Morgan fingerprint density at radius 3 is 1.31 bits per heavy atom. The molecule has 54 heavy (non-hydrogen) atoms. The van der Waals surface area contributed by atoms with Gasteiger partial charge >= 0.3 is 5.97 Å². The first-order valence-electron chi connectivity index (χ1n) is 23.9. The summed E-state index contributed by atoms with van der Waals surface area (Å²) >= 11 is 0. The summed E-state index contributed by atoms with van der Waals surface area (Å²) in [7, 11) is 0. The van der Waals surface area contributed by atoms with E-state index in [1.54, 1.807) is 0 Å². The Labute approximate surface area is 336 Å². The molecule has 0 aromatic rings. The van der Waals surface area contributed by atoms with E-state index in [1.807, 2.05) is 0 Å². The van der Waals surface area contributed by atoms with Gasteiger partial charge in [-0.25, -0.2) is 0 Å². The summed E-state index contributed by atoms with van der Waals surface area (Å²) in [5, 5.41) is 23.1. The maximum atomic E-state index is 12.4. The molecule has 0 fully saturated rings. The molecule has 0 radical (unpaired) electrons. The molecule has 0 saturated carbocycles. The normalized spacial score (nSPS) is 12.7. The Morgan fingerprint density at radius 2 is 0.870 bits per heavy atom. The summed E-state index contributed by atoms with van der Waals surface area (Å²) in [5.74, 6) is -0.0961. The summed E-state index contributed by atoms with van der Waals surface area (Å²) in [6.07, 6.45) is 48.8. The van der Waals surface area contributed by atoms with Crippen molar-refractivity contribution in [1.29, 1.82) is 0 Å². The van der Waals surface area contributed by atoms with Gasteiger partial charge in [0.1, 0.15) is 0 Å². The van der Waals surface area contributed by atoms with Crippen molar-refractivity contribution < 1.29 is 24.5 Å². The average Bonchev–Trinajstić information content (AvgIpc) is 3.17. The van der Waals surface area contributed by atoms with Crippen LogP contribution in [-0.4, -0.2) is 47.4 Å². The van der Waals surface area contributed by atoms with E-state index < -0.39 is 12.1 Å². The predicted octanol–water partition coefficient (Wildman–Crippen LogP) is 13.8. The molecule has 0 aliphatic heterocycles. The van der Waals surface area contributed by atoms with Crippen molar-refractivity contribution >= 4 is 11.9 Å². The van der Waals surface area contributed by atoms with Crippen LogP contribution in [0.4, 0.5) is 0 Å². The zero-order valence-corrected chi connectivity index (χ0v) is 36.2. The van der Waals surface area contributed by atoms with Crippen molar-refractivity contribution in [2.75, 3.05) is 13.2 Å². The highest BCUT2D eigenvalue weighted by Gasteiger charge is 2.20. The lowest BCUT2D eigenvalue weighted by molar-refractivity contribution is -0.143. The second-order valence-corrected chi connectivity index (χ2v) is 16.4. The third-order valence-electron chi connectivity index (χ3n) is 11.1. The van der Waals surface area contributed by atoms with Crippen LogP contribution in [0.5, 0.6) is 0 Å². The quantitative estimate of drug-likeness (QED) is 0.0326. The maximum Gasteiger partial charge on any atom is 0.305 e. The van der Waals surface area contributed by atoms with Crippen molar-refractivity contribution in [3.8, 4) is 0 Å². The van der Waals surface area contributed by atoms with Crippen molar-refractivity contribution in [3.63, 3.8) is 0 Å². The number of allylic oxidation sites excluding steroid dienone is 2. The molecule has 1 amide bonds. The first-order chi connectivity index (χ1) is 26.5. The third kappa shape index (κ3) is 40.3. The van der Waals surface area contributed by atoms with E-state index in [4.69, 9.17) is 4.74 Å². The number of ether oxygens (including phenoxy) is 1. The number of amides is 1. The SMILES string of the molecule is CCCCCCCC/C=C\CCCCCCCC(=O)OCCCCCCCCCCCC(=O)NC(CO)C(O)CCCCCCCCCCCCCCC. The topological polar surface area (TPSA) is 95.9 Å². The summed E-state index contributed by atoms with van der Waals surface area (Å²) in [6.45, 7) is 4.87. The zero-order chi connectivity index (χ0) is 39.4. The standard InChI is InChI=1S/C48H93NO5/c1-3-5-7-9-11-13-15-17-18-20-22-26-30-34-38-42-48(53)54-43-39-35-31-27-23-25-29-33-37-41-47(52)49-45(44-50)46(51)40-36-32-28-24-21-19-16-14-12-10-8-6-4-2/h17-18,45-46,50-51H,3-16,19-44H2,1-2H3,(H,49,52)/b18-17-. The van der Waals surface area contributed by atoms with Gasteiger partial charge in [-0.3, -0.25) is 9.59 Å². The number of aliphatic hydroxyl groups excluding tert-OH is 2. The molecule has 6 heteroatoms. The van der Waals surface area contributed by atoms with Gasteiger partial charge in [0.15, 0.2) is 0 Å². The monoisotopic (exact) mass is 764 g/mol. The Kier molecular flexibility index (Phi) is 43.2. The second kappa shape index (κ2) is 44.3. The van der Waals surface area contributed by atoms with E-state index in [0.717, 1.165) is 57.8 Å². The molecule has 0 bridgehead atoms. The Balaban J connectivity index is 3.49. The van der Waals surface area contributed by atoms with E-state index in [0.29, 0.717) is 25.9 Å². The number of carbonyl (C=O) groups excluding carboxylic acids is 2. The molecule has 0 aliphatic rings. The van der Waals surface area contributed by atoms with Gasteiger partial charge in [0.25, 0.3) is 0 Å². The fourth-order valence-corrected chi connectivity index (χ4v) is 7.34. The highest BCUT2D eigenvalue weighted by molar-refractivity contribution is 5.76. The molecule has 0 heterocycles. The van der Waals surface area contributed by atoms with Crippen molar-refractivity contribution in [2.24, 2.45) is 0 Å². The fraction of sp³-hybridized carbons (Fsp3) is 0.917. The van der Waals surface area contributed by atoms with E-state index in [9.17, 15) is 19.8 Å². The molecule has 0 aromatic carbocycles. The summed E-state index contributed by atoms with van der Waals surface area (Å²) < 4.78 is 5.44. The second-order valence-electron chi connectivity index (χ2n) is 16.4. The van der Waals surface area contributed by atoms with Crippen LogP contribution < -0.4 is 5.32 Å². The van der Waals surface area contributed by atoms with Crippen LogP contribution in [0, 0.1) is 0 Å². The number of hydrogen-bond donors (Lipinski definition) is 3. The molecule has 320 valence electrons. The van der Waals surface area contributed by atoms with Gasteiger partial charge in [-0.2, -0.15) is 0 Å². The molecule has 2 unspecified atom stereocenters. The lowest BCUT2D eigenvalue weighted by Crippen LogP contribution is -2.45. The summed E-state index contributed by atoms with van der Waals surface area (Å²) in [4.78, 5) is 24.4. The van der Waals surface area contributed by atoms with E-state index in [1.165, 1.54) is 167 Å². The van der Waals surface area contributed by atoms with Crippen LogP contribution in [0.2, 0.25) is 0 Å². The zero-order valence-electron chi connectivity index (χ0n) is 36.2. The van der Waals surface area contributed by atoms with Crippen LogP contribution in [-0.2, 0) is 14.3 Å². The minimum Gasteiger partial charge on any atom is -0.466 e. The molecule has 6 nitrogen and oxygen atoms in total. The predicted molar refractivity (Wildman–Crippen MR) is 232 cm³/mol. The number of esters is 1. The number of nitrogens with one attached hydrogen (secondary N) is 1. The number of aliphatic hydroxyl groups is 2. The molecular weight excluding hydrogens is 671 g/mol. The number of rotatable bonds is 44. The maximum absolute atomic E-state index is 12.4. The molecular formula is C48H93NO5. The number of carbonyl (C=O) groups is 2. The van der Waals surface area contributed by atoms with E-state index in [-0.39, 0.29) is 18.5 Å². The van der Waals surface area contributed by atoms with Crippen molar-refractivity contribution in [1.82, 2.24) is 5.32 Å². The van der Waals surface area contributed by atoms with E-state index in [2.05, 4.69) is 31.3 Å². The molecule has 2 atom stereocenters. The van der Waals surface area contributed by atoms with Gasteiger partial charge in [-0.15, -0.1) is 0 Å². The van der Waals surface area contributed by atoms with Crippen LogP contribution in [0.1, 0.15) is 258 Å². The average molecular weight is 764 g/mol. The highest BCUT2D eigenvalue weighted by Crippen LogP contribution is 2.16. The van der Waals surface area contributed by atoms with E-state index >= 15 is 0 Å². The number of unbranched alkanes of at least 4 members (excludes halogenated alkanes) is 31. The number of hydrogen-bond acceptors (Lipinski definition) is 5. The Hall–Kier alpha value is -1.40. The van der Waals surface area contributed by atoms with Gasteiger partial charge < -0.3 is 20.3 Å². The lowest BCUT2D eigenvalue weighted by Gasteiger charge is -2.22. The van der Waals surface area contributed by atoms with Crippen LogP contribution in [0.3, 0.4) is 0 Å². The van der Waals surface area contributed by atoms with Gasteiger partial charge in [0, 0.05) is 12.8 Å². The molecule has 3 N–H and O–H groups in total. The summed E-state index contributed by atoms with van der Waals surface area (Å²) in [5.41, 5.74) is 0. The first kappa shape index (κ1) is 52.6. The van der Waals surface area contributed by atoms with Crippen LogP contribution >= 0.6 is 0 Å². The smallest absolute Gasteiger partial charge is 0.305 e.